The lowest BCUT2D eigenvalue weighted by Crippen LogP contribution is -1.92. The summed E-state index contributed by atoms with van der Waals surface area (Å²) in [5.74, 6) is 0.875. The van der Waals surface area contributed by atoms with Crippen molar-refractivity contribution in [3.05, 3.63) is 45.9 Å². The van der Waals surface area contributed by atoms with E-state index in [1.54, 1.807) is 24.6 Å². The highest BCUT2D eigenvalue weighted by atomic mass is 32.1. The fourth-order valence-corrected chi connectivity index (χ4v) is 2.51. The molecule has 0 N–H and O–H groups in total. The van der Waals surface area contributed by atoms with Crippen molar-refractivity contribution in [2.24, 2.45) is 0 Å². The second kappa shape index (κ2) is 5.59. The first-order chi connectivity index (χ1) is 8.33. The van der Waals surface area contributed by atoms with E-state index in [1.165, 1.54) is 0 Å². The molecule has 2 aromatic rings. The van der Waals surface area contributed by atoms with Gasteiger partial charge in [0.25, 0.3) is 0 Å². The Balaban J connectivity index is 2.16. The molecule has 1 heterocycles. The number of nitrogens with zero attached hydrogens (tertiary/aromatic N) is 1. The van der Waals surface area contributed by atoms with Crippen LogP contribution in [0.25, 0.3) is 0 Å². The summed E-state index contributed by atoms with van der Waals surface area (Å²) in [7, 11) is 1.67. The van der Waals surface area contributed by atoms with Gasteiger partial charge in [0.2, 0.25) is 0 Å². The number of thiazole rings is 1. The van der Waals surface area contributed by atoms with Gasteiger partial charge in [0, 0.05) is 29.5 Å². The summed E-state index contributed by atoms with van der Waals surface area (Å²) in [5.41, 5.74) is 1.11. The van der Waals surface area contributed by atoms with Gasteiger partial charge < -0.3 is 9.53 Å². The van der Waals surface area contributed by atoms with Gasteiger partial charge in [0.1, 0.15) is 12.0 Å². The maximum absolute atomic E-state index is 10.4. The average Bonchev–Trinajstić information content (AvgIpc) is 2.78. The number of methoxy groups -OCH3 is 1. The summed E-state index contributed by atoms with van der Waals surface area (Å²) in [5, 5.41) is 1.01. The van der Waals surface area contributed by atoms with Crippen molar-refractivity contribution in [1.82, 2.24) is 4.98 Å². The molecule has 3 nitrogen and oxygen atoms in total. The van der Waals surface area contributed by atoms with Gasteiger partial charge in [-0.15, -0.1) is 11.3 Å². The number of carbonyl (C=O) groups excluding carboxylic acids is 1. The fraction of sp³-hybridized carbons (Fsp3) is 0.231. The largest absolute Gasteiger partial charge is 0.496 e. The minimum absolute atomic E-state index is 0.448. The molecular weight excluding hydrogens is 234 g/mol. The first kappa shape index (κ1) is 11.8. The quantitative estimate of drug-likeness (QED) is 0.762. The van der Waals surface area contributed by atoms with Crippen molar-refractivity contribution >= 4 is 17.6 Å². The monoisotopic (exact) mass is 247 g/mol. The Hall–Kier alpha value is -1.68. The number of rotatable bonds is 5. The maximum atomic E-state index is 10.4. The lowest BCUT2D eigenvalue weighted by molar-refractivity contribution is -0.107. The molecule has 1 aromatic heterocycles. The molecule has 1 aromatic carbocycles. The normalized spacial score (nSPS) is 10.2. The topological polar surface area (TPSA) is 39.2 Å². The van der Waals surface area contributed by atoms with Crippen molar-refractivity contribution in [3.63, 3.8) is 0 Å². The molecule has 0 fully saturated rings. The molecule has 4 heteroatoms. The van der Waals surface area contributed by atoms with Gasteiger partial charge in [-0.05, 0) is 6.07 Å². The summed E-state index contributed by atoms with van der Waals surface area (Å²) < 4.78 is 5.29. The summed E-state index contributed by atoms with van der Waals surface area (Å²) >= 11 is 1.57. The van der Waals surface area contributed by atoms with E-state index < -0.39 is 0 Å². The number of para-hydroxylation sites is 1. The third kappa shape index (κ3) is 2.91. The van der Waals surface area contributed by atoms with E-state index in [0.717, 1.165) is 33.9 Å². The van der Waals surface area contributed by atoms with E-state index in [4.69, 9.17) is 4.74 Å². The van der Waals surface area contributed by atoms with Crippen LogP contribution in [-0.4, -0.2) is 18.4 Å². The van der Waals surface area contributed by atoms with Crippen molar-refractivity contribution < 1.29 is 9.53 Å². The van der Waals surface area contributed by atoms with Crippen molar-refractivity contribution in [2.75, 3.05) is 7.11 Å². The first-order valence-corrected chi connectivity index (χ1v) is 6.14. The van der Waals surface area contributed by atoms with Crippen molar-refractivity contribution in [2.45, 2.75) is 12.8 Å². The minimum atomic E-state index is 0.448. The third-order valence-corrected chi connectivity index (χ3v) is 3.44. The van der Waals surface area contributed by atoms with E-state index in [1.807, 2.05) is 24.3 Å². The van der Waals surface area contributed by atoms with Gasteiger partial charge in [0.15, 0.2) is 0 Å². The van der Waals surface area contributed by atoms with Crippen LogP contribution in [-0.2, 0) is 17.6 Å². The number of carbonyl (C=O) groups is 1. The number of hydrogen-bond acceptors (Lipinski definition) is 4. The van der Waals surface area contributed by atoms with Crippen LogP contribution in [0.2, 0.25) is 0 Å². The lowest BCUT2D eigenvalue weighted by atomic mass is 10.1. The smallest absolute Gasteiger partial charge is 0.125 e. The van der Waals surface area contributed by atoms with Crippen molar-refractivity contribution in [1.29, 1.82) is 0 Å². The molecule has 0 saturated heterocycles. The zero-order valence-corrected chi connectivity index (χ0v) is 10.4. The maximum Gasteiger partial charge on any atom is 0.125 e. The predicted octanol–water partition coefficient (Wildman–Crippen LogP) is 2.48. The Bertz CT molecular complexity index is 508. The summed E-state index contributed by atoms with van der Waals surface area (Å²) in [6.07, 6.45) is 3.86. The van der Waals surface area contributed by atoms with Crippen LogP contribution < -0.4 is 4.74 Å². The average molecular weight is 247 g/mol. The SMILES string of the molecule is COc1ccccc1Cc1ncc(CC=O)s1. The Labute approximate surface area is 104 Å². The van der Waals surface area contributed by atoms with Crippen molar-refractivity contribution in [3.8, 4) is 5.75 Å². The number of aldehydes is 1. The second-order valence-corrected chi connectivity index (χ2v) is 4.78. The van der Waals surface area contributed by atoms with E-state index in [2.05, 4.69) is 4.98 Å². The molecule has 17 heavy (non-hydrogen) atoms. The Morgan fingerprint density at radius 3 is 3.00 bits per heavy atom. The van der Waals surface area contributed by atoms with Crippen LogP contribution in [0.15, 0.2) is 30.5 Å². The second-order valence-electron chi connectivity index (χ2n) is 3.58. The summed E-state index contributed by atoms with van der Waals surface area (Å²) in [6, 6.07) is 7.90. The van der Waals surface area contributed by atoms with Crippen LogP contribution in [0.5, 0.6) is 5.75 Å². The highest BCUT2D eigenvalue weighted by Gasteiger charge is 2.06. The molecule has 2 rings (SSSR count). The molecule has 0 aliphatic rings. The molecule has 0 aliphatic heterocycles. The molecule has 88 valence electrons. The Kier molecular flexibility index (Phi) is 3.88. The summed E-state index contributed by atoms with van der Waals surface area (Å²) in [6.45, 7) is 0. The number of benzene rings is 1. The highest BCUT2D eigenvalue weighted by Crippen LogP contribution is 2.23. The van der Waals surface area contributed by atoms with Crippen LogP contribution in [0.1, 0.15) is 15.4 Å². The van der Waals surface area contributed by atoms with Gasteiger partial charge in [-0.25, -0.2) is 4.98 Å². The van der Waals surface area contributed by atoms with E-state index in [0.29, 0.717) is 6.42 Å². The van der Waals surface area contributed by atoms with Crippen LogP contribution in [0.4, 0.5) is 0 Å². The number of hydrogen-bond donors (Lipinski definition) is 0. The molecule has 0 saturated carbocycles. The highest BCUT2D eigenvalue weighted by molar-refractivity contribution is 7.11. The standard InChI is InChI=1S/C13H13NO2S/c1-16-12-5-3-2-4-10(12)8-13-14-9-11(17-13)6-7-15/h2-5,7,9H,6,8H2,1H3. The molecule has 0 aliphatic carbocycles. The minimum Gasteiger partial charge on any atom is -0.496 e. The fourth-order valence-electron chi connectivity index (χ4n) is 1.62. The molecule has 0 amide bonds. The molecule has 0 spiro atoms. The van der Waals surface area contributed by atoms with Gasteiger partial charge in [0.05, 0.1) is 12.1 Å². The lowest BCUT2D eigenvalue weighted by Gasteiger charge is -2.05. The van der Waals surface area contributed by atoms with Crippen LogP contribution >= 0.6 is 11.3 Å². The van der Waals surface area contributed by atoms with E-state index >= 15 is 0 Å². The zero-order chi connectivity index (χ0) is 12.1. The van der Waals surface area contributed by atoms with Gasteiger partial charge in [-0.3, -0.25) is 0 Å². The number of ether oxygens (including phenoxy) is 1. The third-order valence-electron chi connectivity index (χ3n) is 2.42. The van der Waals surface area contributed by atoms with Gasteiger partial charge >= 0.3 is 0 Å². The molecular formula is C13H13NO2S. The zero-order valence-electron chi connectivity index (χ0n) is 9.55. The van der Waals surface area contributed by atoms with Gasteiger partial charge in [-0.2, -0.15) is 0 Å². The molecule has 0 radical (unpaired) electrons. The summed E-state index contributed by atoms with van der Waals surface area (Å²) in [4.78, 5) is 15.7. The first-order valence-electron chi connectivity index (χ1n) is 5.32. The molecule has 0 bridgehead atoms. The van der Waals surface area contributed by atoms with Gasteiger partial charge in [-0.1, -0.05) is 18.2 Å². The number of aromatic nitrogens is 1. The Morgan fingerprint density at radius 1 is 1.41 bits per heavy atom. The molecule has 0 unspecified atom stereocenters. The Morgan fingerprint density at radius 2 is 2.24 bits per heavy atom. The van der Waals surface area contributed by atoms with Crippen LogP contribution in [0.3, 0.4) is 0 Å². The predicted molar refractivity (Wildman–Crippen MR) is 67.7 cm³/mol. The van der Waals surface area contributed by atoms with Crippen LogP contribution in [0, 0.1) is 0 Å². The molecule has 0 atom stereocenters. The van der Waals surface area contributed by atoms with E-state index in [9.17, 15) is 4.79 Å². The van der Waals surface area contributed by atoms with E-state index in [-0.39, 0.29) is 0 Å².